The molecule has 0 unspecified atom stereocenters. The van der Waals surface area contributed by atoms with Crippen LogP contribution in [0.4, 0.5) is 0 Å². The first-order valence-corrected chi connectivity index (χ1v) is 11.3. The second-order valence-corrected chi connectivity index (χ2v) is 8.68. The van der Waals surface area contributed by atoms with Gasteiger partial charge in [-0.1, -0.05) is 24.6 Å². The van der Waals surface area contributed by atoms with Crippen LogP contribution in [-0.2, 0) is 9.84 Å². The Morgan fingerprint density at radius 1 is 1.11 bits per heavy atom. The Bertz CT molecular complexity index is 647. The van der Waals surface area contributed by atoms with E-state index in [0.717, 1.165) is 25.6 Å². The van der Waals surface area contributed by atoms with Crippen LogP contribution in [0.2, 0.25) is 0 Å². The fraction of sp³-hybridized carbons (Fsp3) is 0.632. The number of likely N-dealkylation sites (tertiary alicyclic amines) is 1. The predicted molar refractivity (Wildman–Crippen MR) is 123 cm³/mol. The molecule has 1 aliphatic heterocycles. The van der Waals surface area contributed by atoms with Gasteiger partial charge in [-0.3, -0.25) is 4.99 Å². The molecule has 0 saturated carbocycles. The SMILES string of the molecule is CCNC(=NCCCS(=O)(=O)c1ccccc1)NCCN1CCCCC1.I. The molecule has 0 aliphatic carbocycles. The van der Waals surface area contributed by atoms with Crippen LogP contribution in [0.15, 0.2) is 40.2 Å². The van der Waals surface area contributed by atoms with Crippen LogP contribution in [0.1, 0.15) is 32.6 Å². The number of halogens is 1. The van der Waals surface area contributed by atoms with Crippen LogP contribution in [0.3, 0.4) is 0 Å². The number of nitrogens with one attached hydrogen (secondary N) is 2. The molecular formula is C19H33IN4O2S. The molecule has 0 spiro atoms. The number of benzene rings is 1. The maximum Gasteiger partial charge on any atom is 0.191 e. The first-order chi connectivity index (χ1) is 12.6. The summed E-state index contributed by atoms with van der Waals surface area (Å²) in [6.07, 6.45) is 4.45. The van der Waals surface area contributed by atoms with Crippen LogP contribution >= 0.6 is 24.0 Å². The summed E-state index contributed by atoms with van der Waals surface area (Å²) < 4.78 is 24.5. The average Bonchev–Trinajstić information content (AvgIpc) is 2.67. The van der Waals surface area contributed by atoms with Crippen LogP contribution in [0.25, 0.3) is 0 Å². The van der Waals surface area contributed by atoms with Gasteiger partial charge in [0.2, 0.25) is 0 Å². The summed E-state index contributed by atoms with van der Waals surface area (Å²) in [7, 11) is -3.22. The molecule has 0 radical (unpaired) electrons. The molecular weight excluding hydrogens is 475 g/mol. The van der Waals surface area contributed by atoms with Gasteiger partial charge in [-0.05, 0) is 51.4 Å². The van der Waals surface area contributed by atoms with Crippen molar-refractivity contribution in [2.24, 2.45) is 4.99 Å². The lowest BCUT2D eigenvalue weighted by molar-refractivity contribution is 0.232. The van der Waals surface area contributed by atoms with E-state index < -0.39 is 9.84 Å². The van der Waals surface area contributed by atoms with Gasteiger partial charge in [0, 0.05) is 26.2 Å². The van der Waals surface area contributed by atoms with Gasteiger partial charge in [0.15, 0.2) is 15.8 Å². The van der Waals surface area contributed by atoms with E-state index in [-0.39, 0.29) is 29.7 Å². The summed E-state index contributed by atoms with van der Waals surface area (Å²) in [5.41, 5.74) is 0. The highest BCUT2D eigenvalue weighted by Crippen LogP contribution is 2.11. The van der Waals surface area contributed by atoms with E-state index in [1.807, 2.05) is 13.0 Å². The minimum Gasteiger partial charge on any atom is -0.357 e. The third-order valence-corrected chi connectivity index (χ3v) is 6.27. The topological polar surface area (TPSA) is 73.8 Å². The Morgan fingerprint density at radius 2 is 1.81 bits per heavy atom. The van der Waals surface area contributed by atoms with Gasteiger partial charge in [-0.25, -0.2) is 8.42 Å². The number of piperidine rings is 1. The minimum absolute atomic E-state index is 0. The molecule has 27 heavy (non-hydrogen) atoms. The predicted octanol–water partition coefficient (Wildman–Crippen LogP) is 2.51. The first kappa shape index (κ1) is 24.2. The molecule has 154 valence electrons. The number of nitrogens with zero attached hydrogens (tertiary/aromatic N) is 2. The summed E-state index contributed by atoms with van der Waals surface area (Å²) in [6.45, 7) is 7.56. The third kappa shape index (κ3) is 9.25. The summed E-state index contributed by atoms with van der Waals surface area (Å²) in [4.78, 5) is 7.37. The molecule has 0 atom stereocenters. The molecule has 2 N–H and O–H groups in total. The van der Waals surface area contributed by atoms with Crippen molar-refractivity contribution in [3.05, 3.63) is 30.3 Å². The van der Waals surface area contributed by atoms with Gasteiger partial charge in [-0.15, -0.1) is 24.0 Å². The maximum atomic E-state index is 12.3. The molecule has 0 amide bonds. The van der Waals surface area contributed by atoms with Crippen molar-refractivity contribution in [2.45, 2.75) is 37.5 Å². The van der Waals surface area contributed by atoms with Crippen molar-refractivity contribution in [3.63, 3.8) is 0 Å². The summed E-state index contributed by atoms with van der Waals surface area (Å²) >= 11 is 0. The van der Waals surface area contributed by atoms with Gasteiger partial charge in [0.1, 0.15) is 0 Å². The number of hydrogen-bond acceptors (Lipinski definition) is 4. The standard InChI is InChI=1S/C19H32N4O2S.HI/c1-2-20-19(22-13-16-23-14-7-4-8-15-23)21-12-9-17-26(24,25)18-10-5-3-6-11-18;/h3,5-6,10-11H,2,4,7-9,12-17H2,1H3,(H2,20,21,22);1H. The highest BCUT2D eigenvalue weighted by Gasteiger charge is 2.13. The zero-order chi connectivity index (χ0) is 18.7. The van der Waals surface area contributed by atoms with Crippen molar-refractivity contribution in [3.8, 4) is 0 Å². The molecule has 1 aliphatic rings. The smallest absolute Gasteiger partial charge is 0.191 e. The quantitative estimate of drug-likeness (QED) is 0.232. The zero-order valence-electron chi connectivity index (χ0n) is 16.2. The molecule has 1 aromatic carbocycles. The molecule has 1 aromatic rings. The van der Waals surface area contributed by atoms with Gasteiger partial charge in [0.25, 0.3) is 0 Å². The number of hydrogen-bond donors (Lipinski definition) is 2. The largest absolute Gasteiger partial charge is 0.357 e. The van der Waals surface area contributed by atoms with Gasteiger partial charge in [0.05, 0.1) is 10.6 Å². The second kappa shape index (κ2) is 13.3. The van der Waals surface area contributed by atoms with E-state index in [4.69, 9.17) is 0 Å². The molecule has 0 bridgehead atoms. The normalized spacial score (nSPS) is 15.8. The Kier molecular flexibility index (Phi) is 11.9. The van der Waals surface area contributed by atoms with Gasteiger partial charge < -0.3 is 15.5 Å². The lowest BCUT2D eigenvalue weighted by Gasteiger charge is -2.26. The number of guanidine groups is 1. The maximum absolute atomic E-state index is 12.3. The van der Waals surface area contributed by atoms with E-state index in [0.29, 0.717) is 17.9 Å². The van der Waals surface area contributed by atoms with Crippen molar-refractivity contribution in [2.75, 3.05) is 45.0 Å². The Morgan fingerprint density at radius 3 is 2.48 bits per heavy atom. The Hall–Kier alpha value is -0.870. The highest BCUT2D eigenvalue weighted by molar-refractivity contribution is 14.0. The lowest BCUT2D eigenvalue weighted by atomic mass is 10.1. The molecule has 8 heteroatoms. The molecule has 1 saturated heterocycles. The first-order valence-electron chi connectivity index (χ1n) is 9.64. The number of aliphatic imine (C=N–C) groups is 1. The van der Waals surface area contributed by atoms with Crippen molar-refractivity contribution in [1.29, 1.82) is 0 Å². The Labute approximate surface area is 181 Å². The molecule has 1 heterocycles. The number of sulfone groups is 1. The molecule has 0 aromatic heterocycles. The summed E-state index contributed by atoms with van der Waals surface area (Å²) in [6, 6.07) is 8.61. The van der Waals surface area contributed by atoms with Gasteiger partial charge in [-0.2, -0.15) is 0 Å². The van der Waals surface area contributed by atoms with Crippen LogP contribution in [0.5, 0.6) is 0 Å². The van der Waals surface area contributed by atoms with Crippen LogP contribution in [-0.4, -0.2) is 64.3 Å². The van der Waals surface area contributed by atoms with Crippen LogP contribution < -0.4 is 10.6 Å². The van der Waals surface area contributed by atoms with E-state index in [9.17, 15) is 8.42 Å². The average molecular weight is 508 g/mol. The molecule has 6 nitrogen and oxygen atoms in total. The van der Waals surface area contributed by atoms with E-state index in [1.54, 1.807) is 24.3 Å². The minimum atomic E-state index is -3.22. The van der Waals surface area contributed by atoms with Crippen molar-refractivity contribution >= 4 is 39.8 Å². The molecule has 2 rings (SSSR count). The lowest BCUT2D eigenvalue weighted by Crippen LogP contribution is -2.42. The zero-order valence-corrected chi connectivity index (χ0v) is 19.3. The summed E-state index contributed by atoms with van der Waals surface area (Å²) in [5.74, 6) is 0.884. The monoisotopic (exact) mass is 508 g/mol. The van der Waals surface area contributed by atoms with Crippen LogP contribution in [0, 0.1) is 0 Å². The third-order valence-electron chi connectivity index (χ3n) is 4.46. The number of rotatable bonds is 9. The fourth-order valence-electron chi connectivity index (χ4n) is 3.05. The fourth-order valence-corrected chi connectivity index (χ4v) is 4.36. The van der Waals surface area contributed by atoms with E-state index in [2.05, 4.69) is 20.5 Å². The van der Waals surface area contributed by atoms with Crippen molar-refractivity contribution in [1.82, 2.24) is 15.5 Å². The molecule has 1 fully saturated rings. The Balaban J connectivity index is 0.00000364. The van der Waals surface area contributed by atoms with E-state index in [1.165, 1.54) is 32.4 Å². The second-order valence-electron chi connectivity index (χ2n) is 6.58. The summed E-state index contributed by atoms with van der Waals surface area (Å²) in [5, 5.41) is 6.57. The van der Waals surface area contributed by atoms with Crippen molar-refractivity contribution < 1.29 is 8.42 Å². The van der Waals surface area contributed by atoms with Gasteiger partial charge >= 0.3 is 0 Å². The highest BCUT2D eigenvalue weighted by atomic mass is 127. The van der Waals surface area contributed by atoms with E-state index >= 15 is 0 Å².